The van der Waals surface area contributed by atoms with E-state index in [9.17, 15) is 9.18 Å². The van der Waals surface area contributed by atoms with E-state index >= 15 is 0 Å². The van der Waals surface area contributed by atoms with Crippen molar-refractivity contribution in [2.75, 3.05) is 0 Å². The average Bonchev–Trinajstić information content (AvgIpc) is 3.08. The number of nitrogens with zero attached hydrogens (tertiary/aromatic N) is 1. The van der Waals surface area contributed by atoms with Crippen molar-refractivity contribution in [2.45, 2.75) is 6.61 Å². The van der Waals surface area contributed by atoms with E-state index < -0.39 is 5.97 Å². The maximum Gasteiger partial charge on any atom is 0.363 e. The summed E-state index contributed by atoms with van der Waals surface area (Å²) in [4.78, 5) is 16.3. The molecule has 0 bridgehead atoms. The molecule has 0 atom stereocenters. The minimum absolute atomic E-state index is 0.160. The van der Waals surface area contributed by atoms with Crippen molar-refractivity contribution < 1.29 is 18.7 Å². The highest BCUT2D eigenvalue weighted by molar-refractivity contribution is 6.12. The van der Waals surface area contributed by atoms with E-state index in [0.717, 1.165) is 11.1 Å². The standard InChI is InChI=1S/C23H16FNO3/c24-19-11-9-18(10-12-19)22-25-21(23(26)28-22)14-17-7-4-8-20(13-17)27-15-16-5-2-1-3-6-16/h1-14H,15H2. The number of hydrogen-bond donors (Lipinski definition) is 0. The average molecular weight is 373 g/mol. The van der Waals surface area contributed by atoms with E-state index in [2.05, 4.69) is 4.99 Å². The van der Waals surface area contributed by atoms with Crippen LogP contribution in [0.15, 0.2) is 89.6 Å². The lowest BCUT2D eigenvalue weighted by molar-refractivity contribution is -0.129. The number of carbonyl (C=O) groups is 1. The molecule has 0 N–H and O–H groups in total. The third-order valence-corrected chi connectivity index (χ3v) is 4.12. The fourth-order valence-corrected chi connectivity index (χ4v) is 2.72. The van der Waals surface area contributed by atoms with E-state index in [1.165, 1.54) is 24.3 Å². The SMILES string of the molecule is O=C1OC(c2ccc(F)cc2)=NC1=Cc1cccc(OCc2ccccc2)c1. The Morgan fingerprint density at radius 1 is 0.964 bits per heavy atom. The molecule has 0 unspecified atom stereocenters. The summed E-state index contributed by atoms with van der Waals surface area (Å²) < 4.78 is 24.1. The van der Waals surface area contributed by atoms with Gasteiger partial charge in [-0.2, -0.15) is 0 Å². The van der Waals surface area contributed by atoms with Crippen LogP contribution in [0.3, 0.4) is 0 Å². The summed E-state index contributed by atoms with van der Waals surface area (Å²) in [5, 5.41) is 0. The lowest BCUT2D eigenvalue weighted by Crippen LogP contribution is -2.05. The van der Waals surface area contributed by atoms with E-state index in [1.807, 2.05) is 54.6 Å². The zero-order chi connectivity index (χ0) is 19.3. The van der Waals surface area contributed by atoms with E-state index in [0.29, 0.717) is 17.9 Å². The Hall–Kier alpha value is -3.73. The molecule has 1 heterocycles. The third-order valence-electron chi connectivity index (χ3n) is 4.12. The second-order valence-corrected chi connectivity index (χ2v) is 6.19. The summed E-state index contributed by atoms with van der Waals surface area (Å²) in [6.07, 6.45) is 1.63. The monoisotopic (exact) mass is 373 g/mol. The van der Waals surface area contributed by atoms with Gasteiger partial charge in [-0.3, -0.25) is 0 Å². The van der Waals surface area contributed by atoms with Crippen LogP contribution >= 0.6 is 0 Å². The molecule has 0 amide bonds. The van der Waals surface area contributed by atoms with Crippen LogP contribution in [0.1, 0.15) is 16.7 Å². The zero-order valence-corrected chi connectivity index (χ0v) is 14.8. The Morgan fingerprint density at radius 3 is 2.54 bits per heavy atom. The first-order valence-corrected chi connectivity index (χ1v) is 8.73. The molecule has 4 nitrogen and oxygen atoms in total. The number of benzene rings is 3. The molecule has 0 radical (unpaired) electrons. The van der Waals surface area contributed by atoms with Crippen molar-refractivity contribution in [1.29, 1.82) is 0 Å². The second kappa shape index (κ2) is 7.88. The van der Waals surface area contributed by atoms with Gasteiger partial charge in [0.05, 0.1) is 0 Å². The molecular formula is C23H16FNO3. The Kier molecular flexibility index (Phi) is 4.97. The molecule has 0 aromatic heterocycles. The molecule has 3 aromatic carbocycles. The Labute approximate surface area is 161 Å². The van der Waals surface area contributed by atoms with Gasteiger partial charge in [-0.25, -0.2) is 14.2 Å². The van der Waals surface area contributed by atoms with Gasteiger partial charge in [0.1, 0.15) is 18.2 Å². The maximum atomic E-state index is 13.1. The Balaban J connectivity index is 1.51. The molecular weight excluding hydrogens is 357 g/mol. The minimum Gasteiger partial charge on any atom is -0.489 e. The van der Waals surface area contributed by atoms with Crippen LogP contribution in [0.25, 0.3) is 6.08 Å². The van der Waals surface area contributed by atoms with Gasteiger partial charge >= 0.3 is 5.97 Å². The summed E-state index contributed by atoms with van der Waals surface area (Å²) in [6, 6.07) is 22.9. The number of esters is 1. The molecule has 5 heteroatoms. The predicted molar refractivity (Wildman–Crippen MR) is 104 cm³/mol. The van der Waals surface area contributed by atoms with Gasteiger partial charge in [-0.05, 0) is 53.6 Å². The molecule has 4 rings (SSSR count). The van der Waals surface area contributed by atoms with Crippen LogP contribution in [0.5, 0.6) is 5.75 Å². The zero-order valence-electron chi connectivity index (χ0n) is 14.8. The summed E-state index contributed by atoms with van der Waals surface area (Å²) in [5.74, 6) is -0.0632. The Bertz CT molecular complexity index is 1060. The van der Waals surface area contributed by atoms with Crippen LogP contribution < -0.4 is 4.74 Å². The second-order valence-electron chi connectivity index (χ2n) is 6.19. The van der Waals surface area contributed by atoms with Crippen molar-refractivity contribution in [3.63, 3.8) is 0 Å². The van der Waals surface area contributed by atoms with Gasteiger partial charge in [-0.1, -0.05) is 42.5 Å². The summed E-state index contributed by atoms with van der Waals surface area (Å²) in [7, 11) is 0. The van der Waals surface area contributed by atoms with Crippen LogP contribution in [0, 0.1) is 5.82 Å². The number of halogens is 1. The molecule has 0 fully saturated rings. The van der Waals surface area contributed by atoms with Crippen LogP contribution in [0.2, 0.25) is 0 Å². The highest BCUT2D eigenvalue weighted by atomic mass is 19.1. The highest BCUT2D eigenvalue weighted by Crippen LogP contribution is 2.22. The quantitative estimate of drug-likeness (QED) is 0.479. The third kappa shape index (κ3) is 4.15. The normalized spacial score (nSPS) is 14.7. The van der Waals surface area contributed by atoms with Gasteiger partial charge in [-0.15, -0.1) is 0 Å². The van der Waals surface area contributed by atoms with Crippen molar-refractivity contribution in [2.24, 2.45) is 4.99 Å². The first-order chi connectivity index (χ1) is 13.7. The predicted octanol–water partition coefficient (Wildman–Crippen LogP) is 4.75. The highest BCUT2D eigenvalue weighted by Gasteiger charge is 2.24. The number of ether oxygens (including phenoxy) is 2. The van der Waals surface area contributed by atoms with Crippen LogP contribution in [-0.4, -0.2) is 11.9 Å². The van der Waals surface area contributed by atoms with Gasteiger partial charge in [0.15, 0.2) is 5.70 Å². The van der Waals surface area contributed by atoms with Gasteiger partial charge in [0.2, 0.25) is 5.90 Å². The lowest BCUT2D eigenvalue weighted by atomic mass is 10.2. The fourth-order valence-electron chi connectivity index (χ4n) is 2.72. The number of hydrogen-bond acceptors (Lipinski definition) is 4. The number of carbonyl (C=O) groups excluding carboxylic acids is 1. The topological polar surface area (TPSA) is 47.9 Å². The molecule has 1 aliphatic rings. The molecule has 28 heavy (non-hydrogen) atoms. The summed E-state index contributed by atoms with van der Waals surface area (Å²) >= 11 is 0. The molecule has 138 valence electrons. The van der Waals surface area contributed by atoms with E-state index in [4.69, 9.17) is 9.47 Å². The van der Waals surface area contributed by atoms with Crippen molar-refractivity contribution in [1.82, 2.24) is 0 Å². The van der Waals surface area contributed by atoms with Crippen molar-refractivity contribution in [3.8, 4) is 5.75 Å². The molecule has 0 spiro atoms. The van der Waals surface area contributed by atoms with Crippen LogP contribution in [0.4, 0.5) is 4.39 Å². The van der Waals surface area contributed by atoms with Crippen LogP contribution in [-0.2, 0) is 16.1 Å². The van der Waals surface area contributed by atoms with Gasteiger partial charge < -0.3 is 9.47 Å². The number of rotatable bonds is 5. The first-order valence-electron chi connectivity index (χ1n) is 8.73. The maximum absolute atomic E-state index is 13.1. The van der Waals surface area contributed by atoms with E-state index in [-0.39, 0.29) is 17.4 Å². The number of aliphatic imine (C=N–C) groups is 1. The molecule has 1 aliphatic heterocycles. The molecule has 0 saturated heterocycles. The van der Waals surface area contributed by atoms with Crippen molar-refractivity contribution in [3.05, 3.63) is 107 Å². The van der Waals surface area contributed by atoms with E-state index in [1.54, 1.807) is 6.08 Å². The minimum atomic E-state index is -0.546. The molecule has 3 aromatic rings. The van der Waals surface area contributed by atoms with Gasteiger partial charge in [0, 0.05) is 5.56 Å². The smallest absolute Gasteiger partial charge is 0.363 e. The lowest BCUT2D eigenvalue weighted by Gasteiger charge is -2.07. The van der Waals surface area contributed by atoms with Gasteiger partial charge in [0.25, 0.3) is 0 Å². The Morgan fingerprint density at radius 2 is 1.75 bits per heavy atom. The molecule has 0 saturated carbocycles. The number of cyclic esters (lactones) is 1. The fraction of sp³-hybridized carbons (Fsp3) is 0.0435. The van der Waals surface area contributed by atoms with Crippen molar-refractivity contribution >= 4 is 17.9 Å². The summed E-state index contributed by atoms with van der Waals surface area (Å²) in [5.41, 5.74) is 2.55. The molecule has 0 aliphatic carbocycles. The first kappa shape index (κ1) is 17.7. The largest absolute Gasteiger partial charge is 0.489 e. The summed E-state index contributed by atoms with van der Waals surface area (Å²) in [6.45, 7) is 0.454.